The summed E-state index contributed by atoms with van der Waals surface area (Å²) in [4.78, 5) is 11.3. The van der Waals surface area contributed by atoms with E-state index in [0.29, 0.717) is 0 Å². The maximum atomic E-state index is 11.3. The molecule has 3 heterocycles. The van der Waals surface area contributed by atoms with Crippen molar-refractivity contribution in [3.05, 3.63) is 0 Å². The van der Waals surface area contributed by atoms with Gasteiger partial charge < -0.3 is 18.9 Å². The molecule has 15 heavy (non-hydrogen) atoms. The molecule has 5 atom stereocenters. The van der Waals surface area contributed by atoms with Crippen molar-refractivity contribution in [3.8, 4) is 0 Å². The van der Waals surface area contributed by atoms with E-state index < -0.39 is 12.1 Å². The molecule has 0 aliphatic carbocycles. The minimum Gasteiger partial charge on any atom is -0.456 e. The maximum Gasteiger partial charge on any atom is 0.311 e. The molecule has 0 spiro atoms. The number of ether oxygens (including phenoxy) is 4. The Labute approximate surface area is 87.6 Å². The Hall–Kier alpha value is -0.650. The van der Waals surface area contributed by atoms with Crippen molar-refractivity contribution in [1.29, 1.82) is 0 Å². The van der Waals surface area contributed by atoms with Gasteiger partial charge in [0, 0.05) is 0 Å². The summed E-state index contributed by atoms with van der Waals surface area (Å²) in [6, 6.07) is 0. The van der Waals surface area contributed by atoms with Crippen LogP contribution in [-0.2, 0) is 23.7 Å². The Morgan fingerprint density at radius 2 is 1.87 bits per heavy atom. The van der Waals surface area contributed by atoms with Crippen LogP contribution in [0, 0.1) is 5.92 Å². The van der Waals surface area contributed by atoms with E-state index in [1.54, 1.807) is 6.92 Å². The zero-order valence-electron chi connectivity index (χ0n) is 8.93. The van der Waals surface area contributed by atoms with Gasteiger partial charge in [0.2, 0.25) is 0 Å². The average Bonchev–Trinajstić information content (AvgIpc) is 2.66. The van der Waals surface area contributed by atoms with Gasteiger partial charge in [-0.2, -0.15) is 0 Å². The number of hydrogen-bond donors (Lipinski definition) is 0. The van der Waals surface area contributed by atoms with E-state index in [-0.39, 0.29) is 30.2 Å². The van der Waals surface area contributed by atoms with Crippen LogP contribution in [0.1, 0.15) is 20.8 Å². The molecule has 3 rings (SSSR count). The van der Waals surface area contributed by atoms with Crippen LogP contribution in [0.2, 0.25) is 0 Å². The number of carbonyl (C=O) groups excluding carboxylic acids is 1. The number of hydrogen-bond acceptors (Lipinski definition) is 5. The molecular formula is C10H14O5. The van der Waals surface area contributed by atoms with E-state index >= 15 is 0 Å². The van der Waals surface area contributed by atoms with Crippen molar-refractivity contribution < 1.29 is 23.7 Å². The fourth-order valence-corrected chi connectivity index (χ4v) is 2.42. The lowest BCUT2D eigenvalue weighted by Gasteiger charge is -2.21. The van der Waals surface area contributed by atoms with Crippen LogP contribution in [0.25, 0.3) is 0 Å². The molecule has 3 aliphatic heterocycles. The molecule has 0 aromatic carbocycles. The van der Waals surface area contributed by atoms with Crippen LogP contribution in [0.4, 0.5) is 0 Å². The lowest BCUT2D eigenvalue weighted by atomic mass is 10.0. The molecule has 0 aromatic heterocycles. The van der Waals surface area contributed by atoms with E-state index in [0.717, 1.165) is 0 Å². The highest BCUT2D eigenvalue weighted by Gasteiger charge is 2.61. The van der Waals surface area contributed by atoms with Gasteiger partial charge in [-0.3, -0.25) is 4.79 Å². The largest absolute Gasteiger partial charge is 0.456 e. The van der Waals surface area contributed by atoms with Gasteiger partial charge in [-0.15, -0.1) is 0 Å². The summed E-state index contributed by atoms with van der Waals surface area (Å²) in [5.41, 5.74) is 0. The standard InChI is InChI=1S/C10H14O5/c1-4-5-6(12-8(4)11)7-9(13-5)15-10(2,3)14-7/h4-7,9H,1-3H3/t4-,5-,6+,7-,9-/m1/s1. The van der Waals surface area contributed by atoms with Crippen molar-refractivity contribution in [3.63, 3.8) is 0 Å². The molecule has 84 valence electrons. The van der Waals surface area contributed by atoms with Crippen molar-refractivity contribution in [2.75, 3.05) is 0 Å². The third-order valence-corrected chi connectivity index (χ3v) is 3.14. The predicted molar refractivity (Wildman–Crippen MR) is 47.7 cm³/mol. The minimum absolute atomic E-state index is 0.211. The smallest absolute Gasteiger partial charge is 0.311 e. The molecule has 0 radical (unpaired) electrons. The summed E-state index contributed by atoms with van der Waals surface area (Å²) in [7, 11) is 0. The molecular weight excluding hydrogens is 200 g/mol. The van der Waals surface area contributed by atoms with Crippen molar-refractivity contribution in [2.24, 2.45) is 5.92 Å². The van der Waals surface area contributed by atoms with Gasteiger partial charge in [0.25, 0.3) is 0 Å². The van der Waals surface area contributed by atoms with E-state index in [1.807, 2.05) is 13.8 Å². The quantitative estimate of drug-likeness (QED) is 0.547. The Morgan fingerprint density at radius 1 is 1.13 bits per heavy atom. The molecule has 0 aromatic rings. The van der Waals surface area contributed by atoms with Crippen LogP contribution < -0.4 is 0 Å². The normalized spacial score (nSPS) is 51.4. The summed E-state index contributed by atoms with van der Waals surface area (Å²) in [5.74, 6) is -1.09. The highest BCUT2D eigenvalue weighted by atomic mass is 16.8. The van der Waals surface area contributed by atoms with E-state index in [2.05, 4.69) is 0 Å². The van der Waals surface area contributed by atoms with E-state index in [1.165, 1.54) is 0 Å². The molecule has 0 amide bonds. The highest BCUT2D eigenvalue weighted by Crippen LogP contribution is 2.43. The zero-order valence-corrected chi connectivity index (χ0v) is 8.93. The zero-order chi connectivity index (χ0) is 10.8. The molecule has 0 N–H and O–H groups in total. The van der Waals surface area contributed by atoms with Gasteiger partial charge in [-0.25, -0.2) is 0 Å². The first-order chi connectivity index (χ1) is 6.98. The fourth-order valence-electron chi connectivity index (χ4n) is 2.42. The first-order valence-corrected chi connectivity index (χ1v) is 5.19. The van der Waals surface area contributed by atoms with Gasteiger partial charge >= 0.3 is 5.97 Å². The number of fused-ring (bicyclic) bond motifs is 3. The molecule has 5 heteroatoms. The Morgan fingerprint density at radius 3 is 2.60 bits per heavy atom. The summed E-state index contributed by atoms with van der Waals surface area (Å²) in [6.45, 7) is 5.45. The second-order valence-corrected chi connectivity index (χ2v) is 4.76. The second-order valence-electron chi connectivity index (χ2n) is 4.76. The Bertz CT molecular complexity index is 313. The van der Waals surface area contributed by atoms with Crippen LogP contribution in [0.15, 0.2) is 0 Å². The SMILES string of the molecule is C[C@H]1C(=O)O[C@@H]2[C@H]3OC(C)(C)O[C@H]3O[C@@H]21. The number of rotatable bonds is 0. The fraction of sp³-hybridized carbons (Fsp3) is 0.900. The van der Waals surface area contributed by atoms with E-state index in [4.69, 9.17) is 18.9 Å². The van der Waals surface area contributed by atoms with Crippen molar-refractivity contribution in [2.45, 2.75) is 51.2 Å². The van der Waals surface area contributed by atoms with Crippen LogP contribution in [0.5, 0.6) is 0 Å². The molecule has 3 aliphatic rings. The van der Waals surface area contributed by atoms with Gasteiger partial charge in [0.05, 0.1) is 5.92 Å². The third kappa shape index (κ3) is 1.23. The number of esters is 1. The van der Waals surface area contributed by atoms with Crippen LogP contribution >= 0.6 is 0 Å². The second kappa shape index (κ2) is 2.72. The first kappa shape index (κ1) is 9.57. The van der Waals surface area contributed by atoms with Gasteiger partial charge in [-0.05, 0) is 20.8 Å². The van der Waals surface area contributed by atoms with Gasteiger partial charge in [-0.1, -0.05) is 0 Å². The van der Waals surface area contributed by atoms with Gasteiger partial charge in [0.1, 0.15) is 6.10 Å². The molecule has 0 bridgehead atoms. The molecule has 3 saturated heterocycles. The van der Waals surface area contributed by atoms with Crippen LogP contribution in [-0.4, -0.2) is 36.4 Å². The topological polar surface area (TPSA) is 54.0 Å². The maximum absolute atomic E-state index is 11.3. The average molecular weight is 214 g/mol. The Balaban J connectivity index is 1.83. The van der Waals surface area contributed by atoms with E-state index in [9.17, 15) is 4.79 Å². The van der Waals surface area contributed by atoms with Crippen LogP contribution in [0.3, 0.4) is 0 Å². The first-order valence-electron chi connectivity index (χ1n) is 5.19. The molecule has 0 unspecified atom stereocenters. The minimum atomic E-state index is -0.654. The molecule has 3 fully saturated rings. The number of carbonyl (C=O) groups is 1. The summed E-state index contributed by atoms with van der Waals surface area (Å²) >= 11 is 0. The predicted octanol–water partition coefficient (Wildman–Crippen LogP) is 0.424. The highest BCUT2D eigenvalue weighted by molar-refractivity contribution is 5.75. The lowest BCUT2D eigenvalue weighted by molar-refractivity contribution is -0.211. The molecule has 5 nitrogen and oxygen atoms in total. The summed E-state index contributed by atoms with van der Waals surface area (Å²) in [5, 5.41) is 0. The van der Waals surface area contributed by atoms with Crippen molar-refractivity contribution in [1.82, 2.24) is 0 Å². The summed E-state index contributed by atoms with van der Waals surface area (Å²) in [6.07, 6.45) is -1.20. The summed E-state index contributed by atoms with van der Waals surface area (Å²) < 4.78 is 22.1. The third-order valence-electron chi connectivity index (χ3n) is 3.14. The Kier molecular flexibility index (Phi) is 1.74. The lowest BCUT2D eigenvalue weighted by Crippen LogP contribution is -2.33. The molecule has 0 saturated carbocycles. The van der Waals surface area contributed by atoms with Crippen molar-refractivity contribution >= 4 is 5.97 Å². The monoisotopic (exact) mass is 214 g/mol. The van der Waals surface area contributed by atoms with Gasteiger partial charge in [0.15, 0.2) is 24.3 Å².